The third kappa shape index (κ3) is 5.45. The van der Waals surface area contributed by atoms with E-state index in [1.54, 1.807) is 0 Å². The quantitative estimate of drug-likeness (QED) is 0.644. The molecule has 0 N–H and O–H groups in total. The van der Waals surface area contributed by atoms with Crippen molar-refractivity contribution in [3.05, 3.63) is 11.6 Å². The van der Waals surface area contributed by atoms with Crippen molar-refractivity contribution in [1.29, 1.82) is 0 Å². The molecule has 0 aliphatic heterocycles. The van der Waals surface area contributed by atoms with Gasteiger partial charge in [0.1, 0.15) is 0 Å². The predicted octanol–water partition coefficient (Wildman–Crippen LogP) is 3.65. The van der Waals surface area contributed by atoms with Gasteiger partial charge in [0.2, 0.25) is 0 Å². The van der Waals surface area contributed by atoms with Crippen LogP contribution in [-0.2, 0) is 9.53 Å². The number of allylic oxidation sites excluding steroid dienone is 2. The number of hydrogen-bond donors (Lipinski definition) is 0. The molecule has 0 atom stereocenters. The molecular weight excluding hydrogens is 200 g/mol. The number of carbonyl (C=O) groups excluding carboxylic acids is 1. The molecule has 0 aromatic heterocycles. The average Bonchev–Trinajstić information content (AvgIpc) is 2.23. The van der Waals surface area contributed by atoms with Gasteiger partial charge in [-0.2, -0.15) is 0 Å². The highest BCUT2D eigenvalue weighted by Gasteiger charge is 2.10. The smallest absolute Gasteiger partial charge is 0.158 e. The second-order valence-corrected chi connectivity index (χ2v) is 4.41. The molecule has 2 heteroatoms. The minimum absolute atomic E-state index is 0.349. The third-order valence-corrected chi connectivity index (χ3v) is 3.05. The number of ketones is 1. The van der Waals surface area contributed by atoms with Crippen LogP contribution in [0, 0.1) is 0 Å². The minimum atomic E-state index is 0.349. The van der Waals surface area contributed by atoms with Gasteiger partial charge >= 0.3 is 0 Å². The fraction of sp³-hybridized carbons (Fsp3) is 0.786. The fourth-order valence-electron chi connectivity index (χ4n) is 2.08. The molecule has 0 unspecified atom stereocenters. The van der Waals surface area contributed by atoms with Crippen molar-refractivity contribution >= 4 is 5.78 Å². The van der Waals surface area contributed by atoms with Gasteiger partial charge < -0.3 is 4.74 Å². The van der Waals surface area contributed by atoms with Crippen LogP contribution in [0.3, 0.4) is 0 Å². The maximum absolute atomic E-state index is 11.9. The summed E-state index contributed by atoms with van der Waals surface area (Å²) < 4.78 is 5.24. The minimum Gasteiger partial charge on any atom is -0.382 e. The Morgan fingerprint density at radius 3 is 2.94 bits per heavy atom. The molecule has 0 heterocycles. The number of hydrogen-bond acceptors (Lipinski definition) is 2. The fourth-order valence-corrected chi connectivity index (χ4v) is 2.08. The van der Waals surface area contributed by atoms with E-state index in [-0.39, 0.29) is 0 Å². The summed E-state index contributed by atoms with van der Waals surface area (Å²) in [6.07, 6.45) is 10.8. The molecule has 1 rings (SSSR count). The van der Waals surface area contributed by atoms with Gasteiger partial charge in [0.15, 0.2) is 5.78 Å². The van der Waals surface area contributed by atoms with Crippen LogP contribution in [0.1, 0.15) is 58.3 Å². The van der Waals surface area contributed by atoms with Gasteiger partial charge in [0, 0.05) is 19.6 Å². The lowest BCUT2D eigenvalue weighted by Crippen LogP contribution is -2.06. The Labute approximate surface area is 99.1 Å². The zero-order chi connectivity index (χ0) is 11.6. The molecule has 0 saturated heterocycles. The zero-order valence-electron chi connectivity index (χ0n) is 10.5. The van der Waals surface area contributed by atoms with E-state index in [0.717, 1.165) is 38.0 Å². The molecule has 0 spiro atoms. The van der Waals surface area contributed by atoms with Crippen molar-refractivity contribution in [2.24, 2.45) is 0 Å². The molecule has 92 valence electrons. The number of carbonyl (C=O) groups is 1. The highest BCUT2D eigenvalue weighted by atomic mass is 16.5. The van der Waals surface area contributed by atoms with Crippen LogP contribution in [0.25, 0.3) is 0 Å². The van der Waals surface area contributed by atoms with E-state index in [0.29, 0.717) is 12.2 Å². The summed E-state index contributed by atoms with van der Waals surface area (Å²) in [4.78, 5) is 11.9. The second-order valence-electron chi connectivity index (χ2n) is 4.41. The van der Waals surface area contributed by atoms with Gasteiger partial charge in [-0.05, 0) is 44.6 Å². The summed E-state index contributed by atoms with van der Waals surface area (Å²) in [7, 11) is 0. The normalized spacial score (nSPS) is 17.4. The Bertz CT molecular complexity index is 231. The van der Waals surface area contributed by atoms with Gasteiger partial charge in [0.25, 0.3) is 0 Å². The standard InChI is InChI=1S/C14H24O2/c1-2-16-12-8-11-14(15)13-9-6-4-3-5-7-10-13/h9H,2-8,10-12H2,1H3. The first-order valence-electron chi connectivity index (χ1n) is 6.64. The number of Topliss-reactive ketones (excluding diaryl/α,β-unsaturated/α-hetero) is 1. The highest BCUT2D eigenvalue weighted by molar-refractivity contribution is 5.95. The molecule has 0 aromatic carbocycles. The molecule has 0 amide bonds. The first-order valence-corrected chi connectivity index (χ1v) is 6.64. The zero-order valence-corrected chi connectivity index (χ0v) is 10.5. The molecular formula is C14H24O2. The Morgan fingerprint density at radius 2 is 2.12 bits per heavy atom. The summed E-state index contributed by atoms with van der Waals surface area (Å²) in [6.45, 7) is 3.45. The van der Waals surface area contributed by atoms with Crippen molar-refractivity contribution in [3.63, 3.8) is 0 Å². The van der Waals surface area contributed by atoms with E-state index in [1.807, 2.05) is 6.92 Å². The molecule has 0 radical (unpaired) electrons. The maximum Gasteiger partial charge on any atom is 0.158 e. The van der Waals surface area contributed by atoms with Gasteiger partial charge in [0.05, 0.1) is 0 Å². The number of ether oxygens (including phenoxy) is 1. The molecule has 0 fully saturated rings. The highest BCUT2D eigenvalue weighted by Crippen LogP contribution is 2.19. The lowest BCUT2D eigenvalue weighted by Gasteiger charge is -2.10. The SMILES string of the molecule is CCOCCCC(=O)C1=CCCCCCC1. The Morgan fingerprint density at radius 1 is 1.31 bits per heavy atom. The monoisotopic (exact) mass is 224 g/mol. The van der Waals surface area contributed by atoms with Crippen molar-refractivity contribution in [3.8, 4) is 0 Å². The van der Waals surface area contributed by atoms with Crippen molar-refractivity contribution in [1.82, 2.24) is 0 Å². The summed E-state index contributed by atoms with van der Waals surface area (Å²) in [5.74, 6) is 0.349. The third-order valence-electron chi connectivity index (χ3n) is 3.05. The molecule has 0 bridgehead atoms. The van der Waals surface area contributed by atoms with Crippen LogP contribution in [0.4, 0.5) is 0 Å². The molecule has 2 nitrogen and oxygen atoms in total. The average molecular weight is 224 g/mol. The lowest BCUT2D eigenvalue weighted by molar-refractivity contribution is -0.116. The first-order chi connectivity index (χ1) is 7.84. The van der Waals surface area contributed by atoms with Gasteiger partial charge in [-0.25, -0.2) is 0 Å². The van der Waals surface area contributed by atoms with E-state index >= 15 is 0 Å². The van der Waals surface area contributed by atoms with E-state index in [4.69, 9.17) is 4.74 Å². The summed E-state index contributed by atoms with van der Waals surface area (Å²) >= 11 is 0. The Balaban J connectivity index is 2.27. The summed E-state index contributed by atoms with van der Waals surface area (Å²) in [6, 6.07) is 0. The van der Waals surface area contributed by atoms with E-state index in [9.17, 15) is 4.79 Å². The predicted molar refractivity (Wildman–Crippen MR) is 66.5 cm³/mol. The first kappa shape index (κ1) is 13.4. The lowest BCUT2D eigenvalue weighted by atomic mass is 9.95. The van der Waals surface area contributed by atoms with Crippen molar-refractivity contribution < 1.29 is 9.53 Å². The van der Waals surface area contributed by atoms with Crippen molar-refractivity contribution in [2.75, 3.05) is 13.2 Å². The number of rotatable bonds is 6. The molecule has 0 aromatic rings. The second kappa shape index (κ2) is 8.51. The van der Waals surface area contributed by atoms with Crippen LogP contribution in [0.5, 0.6) is 0 Å². The van der Waals surface area contributed by atoms with Crippen molar-refractivity contribution in [2.45, 2.75) is 58.3 Å². The maximum atomic E-state index is 11.9. The van der Waals surface area contributed by atoms with E-state index in [1.165, 1.54) is 25.7 Å². The topological polar surface area (TPSA) is 26.3 Å². The Kier molecular flexibility index (Phi) is 7.15. The summed E-state index contributed by atoms with van der Waals surface area (Å²) in [5, 5.41) is 0. The van der Waals surface area contributed by atoms with Gasteiger partial charge in [-0.1, -0.05) is 18.9 Å². The van der Waals surface area contributed by atoms with Gasteiger partial charge in [-0.15, -0.1) is 0 Å². The largest absolute Gasteiger partial charge is 0.382 e. The van der Waals surface area contributed by atoms with Crippen LogP contribution in [-0.4, -0.2) is 19.0 Å². The molecule has 0 saturated carbocycles. The van der Waals surface area contributed by atoms with Gasteiger partial charge in [-0.3, -0.25) is 4.79 Å². The van der Waals surface area contributed by atoms with Crippen LogP contribution >= 0.6 is 0 Å². The van der Waals surface area contributed by atoms with Crippen LogP contribution in [0.2, 0.25) is 0 Å². The molecule has 16 heavy (non-hydrogen) atoms. The van der Waals surface area contributed by atoms with Crippen LogP contribution < -0.4 is 0 Å². The van der Waals surface area contributed by atoms with E-state index in [2.05, 4.69) is 6.08 Å². The molecule has 1 aliphatic carbocycles. The van der Waals surface area contributed by atoms with Crippen LogP contribution in [0.15, 0.2) is 11.6 Å². The Hall–Kier alpha value is -0.630. The van der Waals surface area contributed by atoms with E-state index < -0.39 is 0 Å². The summed E-state index contributed by atoms with van der Waals surface area (Å²) in [5.41, 5.74) is 1.08. The molecule has 1 aliphatic rings.